The quantitative estimate of drug-likeness (QED) is 0.528. The van der Waals surface area contributed by atoms with Crippen LogP contribution in [-0.2, 0) is 4.79 Å². The molecule has 0 aliphatic carbocycles. The van der Waals surface area contributed by atoms with Crippen molar-refractivity contribution in [1.29, 1.82) is 0 Å². The summed E-state index contributed by atoms with van der Waals surface area (Å²) >= 11 is 0. The van der Waals surface area contributed by atoms with Crippen LogP contribution in [0.5, 0.6) is 23.0 Å². The van der Waals surface area contributed by atoms with Crippen LogP contribution in [0.2, 0.25) is 0 Å². The summed E-state index contributed by atoms with van der Waals surface area (Å²) in [5.74, 6) is 2.15. The van der Waals surface area contributed by atoms with Crippen molar-refractivity contribution in [2.75, 3.05) is 34.5 Å². The van der Waals surface area contributed by atoms with E-state index < -0.39 is 0 Å². The van der Waals surface area contributed by atoms with Gasteiger partial charge in [-0.05, 0) is 43.7 Å². The Morgan fingerprint density at radius 3 is 2.32 bits per heavy atom. The highest BCUT2D eigenvalue weighted by Crippen LogP contribution is 2.40. The maximum atomic E-state index is 12.1. The van der Waals surface area contributed by atoms with Gasteiger partial charge in [0.1, 0.15) is 12.4 Å². The molecule has 0 spiro atoms. The van der Waals surface area contributed by atoms with Crippen LogP contribution < -0.4 is 24.3 Å². The van der Waals surface area contributed by atoms with Crippen LogP contribution in [0.25, 0.3) is 6.08 Å². The third-order valence-electron chi connectivity index (χ3n) is 4.14. The van der Waals surface area contributed by atoms with Crippen molar-refractivity contribution in [2.45, 2.75) is 13.8 Å². The minimum absolute atomic E-state index is 0.221. The molecule has 1 N–H and O–H groups in total. The third-order valence-corrected chi connectivity index (χ3v) is 4.14. The Bertz CT molecular complexity index is 845. The Labute approximate surface area is 166 Å². The predicted octanol–water partition coefficient (Wildman–Crippen LogP) is 3.54. The molecule has 1 amide bonds. The molecule has 0 saturated heterocycles. The summed E-state index contributed by atoms with van der Waals surface area (Å²) < 4.78 is 21.7. The fourth-order valence-electron chi connectivity index (χ4n) is 2.78. The largest absolute Gasteiger partial charge is 0.493 e. The summed E-state index contributed by atoms with van der Waals surface area (Å²) in [6.45, 7) is 4.83. The van der Waals surface area contributed by atoms with E-state index in [0.717, 1.165) is 11.3 Å². The average molecular weight is 385 g/mol. The standard InChI is InChI=1S/C22H27NO5/c1-15-6-9-18(16(2)14-15)28-13-12-23-20(24)11-8-17-7-10-19(25-3)22(27-5)21(17)26-4/h6-11,14H,12-13H2,1-5H3,(H,23,24)/b11-8+. The van der Waals surface area contributed by atoms with Gasteiger partial charge in [0.25, 0.3) is 0 Å². The molecule has 0 aromatic heterocycles. The number of amides is 1. The summed E-state index contributed by atoms with van der Waals surface area (Å²) in [6, 6.07) is 9.56. The van der Waals surface area contributed by atoms with E-state index in [1.165, 1.54) is 18.7 Å². The molecule has 0 aliphatic rings. The van der Waals surface area contributed by atoms with Crippen molar-refractivity contribution in [2.24, 2.45) is 0 Å². The van der Waals surface area contributed by atoms with Crippen LogP contribution in [0.1, 0.15) is 16.7 Å². The molecule has 6 nitrogen and oxygen atoms in total. The number of hydrogen-bond acceptors (Lipinski definition) is 5. The van der Waals surface area contributed by atoms with Crippen LogP contribution in [0, 0.1) is 13.8 Å². The molecule has 0 bridgehead atoms. The Balaban J connectivity index is 1.91. The van der Waals surface area contributed by atoms with Crippen molar-refractivity contribution < 1.29 is 23.7 Å². The van der Waals surface area contributed by atoms with E-state index in [-0.39, 0.29) is 5.91 Å². The van der Waals surface area contributed by atoms with Crippen molar-refractivity contribution in [3.8, 4) is 23.0 Å². The normalized spacial score (nSPS) is 10.6. The summed E-state index contributed by atoms with van der Waals surface area (Å²) in [7, 11) is 4.63. The zero-order valence-corrected chi connectivity index (χ0v) is 17.0. The first-order valence-corrected chi connectivity index (χ1v) is 8.95. The highest BCUT2D eigenvalue weighted by Gasteiger charge is 2.14. The fraction of sp³-hybridized carbons (Fsp3) is 0.318. The zero-order valence-electron chi connectivity index (χ0n) is 17.0. The van der Waals surface area contributed by atoms with E-state index in [2.05, 4.69) is 11.4 Å². The SMILES string of the molecule is COc1ccc(/C=C/C(=O)NCCOc2ccc(C)cc2C)c(OC)c1OC. The van der Waals surface area contributed by atoms with Crippen LogP contribution in [-0.4, -0.2) is 40.4 Å². The number of rotatable bonds is 9. The van der Waals surface area contributed by atoms with Crippen LogP contribution in [0.15, 0.2) is 36.4 Å². The highest BCUT2D eigenvalue weighted by atomic mass is 16.5. The van der Waals surface area contributed by atoms with E-state index in [4.69, 9.17) is 18.9 Å². The summed E-state index contributed by atoms with van der Waals surface area (Å²) in [6.07, 6.45) is 3.11. The summed E-state index contributed by atoms with van der Waals surface area (Å²) in [5, 5.41) is 2.80. The van der Waals surface area contributed by atoms with Crippen molar-refractivity contribution in [3.05, 3.63) is 53.1 Å². The number of methoxy groups -OCH3 is 3. The molecule has 0 aliphatic heterocycles. The fourth-order valence-corrected chi connectivity index (χ4v) is 2.78. The van der Waals surface area contributed by atoms with Crippen LogP contribution >= 0.6 is 0 Å². The van der Waals surface area contributed by atoms with E-state index in [1.807, 2.05) is 26.0 Å². The number of carbonyl (C=O) groups excluding carboxylic acids is 1. The molecule has 2 aromatic rings. The number of ether oxygens (including phenoxy) is 4. The van der Waals surface area contributed by atoms with Gasteiger partial charge >= 0.3 is 0 Å². The van der Waals surface area contributed by atoms with Crippen molar-refractivity contribution in [1.82, 2.24) is 5.32 Å². The lowest BCUT2D eigenvalue weighted by atomic mass is 10.1. The molecule has 6 heteroatoms. The van der Waals surface area contributed by atoms with Crippen LogP contribution in [0.4, 0.5) is 0 Å². The number of carbonyl (C=O) groups is 1. The Kier molecular flexibility index (Phi) is 7.75. The van der Waals surface area contributed by atoms with Gasteiger partial charge in [-0.15, -0.1) is 0 Å². The second kappa shape index (κ2) is 10.3. The minimum Gasteiger partial charge on any atom is -0.493 e. The van der Waals surface area contributed by atoms with Gasteiger partial charge in [0, 0.05) is 11.6 Å². The van der Waals surface area contributed by atoms with Gasteiger partial charge in [0.15, 0.2) is 11.5 Å². The van der Waals surface area contributed by atoms with E-state index >= 15 is 0 Å². The Morgan fingerprint density at radius 2 is 1.68 bits per heavy atom. The van der Waals surface area contributed by atoms with Gasteiger partial charge in [-0.2, -0.15) is 0 Å². The smallest absolute Gasteiger partial charge is 0.244 e. The molecule has 2 aromatic carbocycles. The monoisotopic (exact) mass is 385 g/mol. The van der Waals surface area contributed by atoms with E-state index in [1.54, 1.807) is 32.4 Å². The van der Waals surface area contributed by atoms with Gasteiger partial charge in [-0.25, -0.2) is 0 Å². The van der Waals surface area contributed by atoms with Crippen molar-refractivity contribution in [3.63, 3.8) is 0 Å². The van der Waals surface area contributed by atoms with Gasteiger partial charge in [-0.1, -0.05) is 17.7 Å². The first-order valence-electron chi connectivity index (χ1n) is 8.95. The van der Waals surface area contributed by atoms with E-state index in [0.29, 0.717) is 36.0 Å². The second-order valence-electron chi connectivity index (χ2n) is 6.17. The second-order valence-corrected chi connectivity index (χ2v) is 6.17. The molecule has 150 valence electrons. The molecule has 0 unspecified atom stereocenters. The molecule has 0 atom stereocenters. The lowest BCUT2D eigenvalue weighted by Gasteiger charge is -2.14. The van der Waals surface area contributed by atoms with E-state index in [9.17, 15) is 4.79 Å². The number of hydrogen-bond donors (Lipinski definition) is 1. The molecule has 2 rings (SSSR count). The Hall–Kier alpha value is -3.15. The molecule has 28 heavy (non-hydrogen) atoms. The lowest BCUT2D eigenvalue weighted by Crippen LogP contribution is -2.26. The summed E-state index contributed by atoms with van der Waals surface area (Å²) in [4.78, 5) is 12.1. The summed E-state index contributed by atoms with van der Waals surface area (Å²) in [5.41, 5.74) is 2.97. The maximum absolute atomic E-state index is 12.1. The highest BCUT2D eigenvalue weighted by molar-refractivity contribution is 5.92. The zero-order chi connectivity index (χ0) is 20.5. The first-order chi connectivity index (χ1) is 13.5. The minimum atomic E-state index is -0.221. The van der Waals surface area contributed by atoms with Crippen molar-refractivity contribution >= 4 is 12.0 Å². The predicted molar refractivity (Wildman–Crippen MR) is 110 cm³/mol. The molecule has 0 saturated carbocycles. The lowest BCUT2D eigenvalue weighted by molar-refractivity contribution is -0.116. The Morgan fingerprint density at radius 1 is 0.964 bits per heavy atom. The van der Waals surface area contributed by atoms with Gasteiger partial charge in [0.05, 0.1) is 27.9 Å². The maximum Gasteiger partial charge on any atom is 0.244 e. The first kappa shape index (κ1) is 21.2. The number of aryl methyl sites for hydroxylation is 2. The number of benzene rings is 2. The van der Waals surface area contributed by atoms with Gasteiger partial charge < -0.3 is 24.3 Å². The molecule has 0 radical (unpaired) electrons. The molecular formula is C22H27NO5. The molecule has 0 heterocycles. The topological polar surface area (TPSA) is 66.0 Å². The van der Waals surface area contributed by atoms with Crippen LogP contribution in [0.3, 0.4) is 0 Å². The number of nitrogens with one attached hydrogen (secondary N) is 1. The van der Waals surface area contributed by atoms with Gasteiger partial charge in [0.2, 0.25) is 11.7 Å². The third kappa shape index (κ3) is 5.42. The molecule has 0 fully saturated rings. The van der Waals surface area contributed by atoms with Gasteiger partial charge in [-0.3, -0.25) is 4.79 Å². The average Bonchev–Trinajstić information content (AvgIpc) is 2.69. The molecular weight excluding hydrogens is 358 g/mol.